The Labute approximate surface area is 126 Å². The molecule has 0 amide bonds. The van der Waals surface area contributed by atoms with Gasteiger partial charge in [0.05, 0.1) is 29.5 Å². The molecule has 22 heavy (non-hydrogen) atoms. The first-order valence-electron chi connectivity index (χ1n) is 6.39. The van der Waals surface area contributed by atoms with Crippen molar-refractivity contribution in [3.05, 3.63) is 33.9 Å². The predicted octanol–water partition coefficient (Wildman–Crippen LogP) is 0.243. The van der Waals surface area contributed by atoms with E-state index in [0.29, 0.717) is 0 Å². The standard InChI is InChI=1S/C12H14N2O7S/c15-12(16)7-9-1-2-10(14(17)18)8-11(9)22(19,20)13-3-5-21-6-4-13/h1-2,8H,3-7H2,(H,15,16). The molecule has 1 aliphatic rings. The van der Waals surface area contributed by atoms with Gasteiger partial charge in [0.2, 0.25) is 10.0 Å². The summed E-state index contributed by atoms with van der Waals surface area (Å²) in [5.74, 6) is -1.22. The molecule has 0 atom stereocenters. The van der Waals surface area contributed by atoms with Gasteiger partial charge < -0.3 is 9.84 Å². The van der Waals surface area contributed by atoms with Gasteiger partial charge in [-0.2, -0.15) is 4.31 Å². The number of morpholine rings is 1. The van der Waals surface area contributed by atoms with Crippen LogP contribution in [-0.4, -0.2) is 55.0 Å². The van der Waals surface area contributed by atoms with Crippen molar-refractivity contribution >= 4 is 21.7 Å². The number of nitro groups is 1. The summed E-state index contributed by atoms with van der Waals surface area (Å²) in [5.41, 5.74) is -0.384. The molecule has 1 aromatic carbocycles. The third kappa shape index (κ3) is 3.40. The minimum Gasteiger partial charge on any atom is -0.481 e. The van der Waals surface area contributed by atoms with Crippen LogP contribution < -0.4 is 0 Å². The Morgan fingerprint density at radius 1 is 1.36 bits per heavy atom. The zero-order valence-corrected chi connectivity index (χ0v) is 12.3. The molecule has 0 saturated carbocycles. The van der Waals surface area contributed by atoms with Gasteiger partial charge in [0.25, 0.3) is 5.69 Å². The van der Waals surface area contributed by atoms with Crippen molar-refractivity contribution in [2.24, 2.45) is 0 Å². The number of sulfonamides is 1. The number of carbonyl (C=O) groups is 1. The number of carboxylic acid groups (broad SMARTS) is 1. The van der Waals surface area contributed by atoms with E-state index in [1.54, 1.807) is 0 Å². The molecule has 1 aromatic rings. The predicted molar refractivity (Wildman–Crippen MR) is 74.0 cm³/mol. The smallest absolute Gasteiger partial charge is 0.307 e. The van der Waals surface area contributed by atoms with Crippen LogP contribution in [0.25, 0.3) is 0 Å². The monoisotopic (exact) mass is 330 g/mol. The Balaban J connectivity index is 2.51. The molecule has 120 valence electrons. The molecule has 0 unspecified atom stereocenters. The van der Waals surface area contributed by atoms with E-state index in [4.69, 9.17) is 9.84 Å². The van der Waals surface area contributed by atoms with Gasteiger partial charge in [-0.05, 0) is 5.56 Å². The summed E-state index contributed by atoms with van der Waals surface area (Å²) < 4.78 is 31.5. The molecule has 1 fully saturated rings. The van der Waals surface area contributed by atoms with Crippen LogP contribution >= 0.6 is 0 Å². The van der Waals surface area contributed by atoms with E-state index in [-0.39, 0.29) is 36.8 Å². The molecule has 9 nitrogen and oxygen atoms in total. The third-order valence-electron chi connectivity index (χ3n) is 3.19. The van der Waals surface area contributed by atoms with E-state index in [9.17, 15) is 23.3 Å². The SMILES string of the molecule is O=C(O)Cc1ccc([N+](=O)[O-])cc1S(=O)(=O)N1CCOCC1. The number of hydrogen-bond acceptors (Lipinski definition) is 6. The first-order chi connectivity index (χ1) is 10.3. The number of non-ortho nitro benzene ring substituents is 1. The summed E-state index contributed by atoms with van der Waals surface area (Å²) in [6, 6.07) is 3.17. The van der Waals surface area contributed by atoms with Gasteiger partial charge >= 0.3 is 5.97 Å². The summed E-state index contributed by atoms with van der Waals surface area (Å²) in [7, 11) is -4.01. The van der Waals surface area contributed by atoms with E-state index < -0.39 is 33.0 Å². The van der Waals surface area contributed by atoms with Crippen LogP contribution in [0.4, 0.5) is 5.69 Å². The number of ether oxygens (including phenoxy) is 1. The lowest BCUT2D eigenvalue weighted by Gasteiger charge is -2.26. The van der Waals surface area contributed by atoms with Gasteiger partial charge in [-0.1, -0.05) is 6.07 Å². The number of rotatable bonds is 5. The van der Waals surface area contributed by atoms with Crippen LogP contribution in [0.1, 0.15) is 5.56 Å². The van der Waals surface area contributed by atoms with Crippen molar-refractivity contribution in [1.29, 1.82) is 0 Å². The van der Waals surface area contributed by atoms with Gasteiger partial charge in [-0.15, -0.1) is 0 Å². The molecule has 0 bridgehead atoms. The highest BCUT2D eigenvalue weighted by atomic mass is 32.2. The largest absolute Gasteiger partial charge is 0.481 e. The number of hydrogen-bond donors (Lipinski definition) is 1. The topological polar surface area (TPSA) is 127 Å². The second kappa shape index (κ2) is 6.38. The fraction of sp³-hybridized carbons (Fsp3) is 0.417. The molecule has 1 saturated heterocycles. The molecular formula is C12H14N2O7S. The van der Waals surface area contributed by atoms with Crippen LogP contribution in [-0.2, 0) is 26.0 Å². The lowest BCUT2D eigenvalue weighted by Crippen LogP contribution is -2.41. The van der Waals surface area contributed by atoms with E-state index in [1.165, 1.54) is 6.07 Å². The summed E-state index contributed by atoms with van der Waals surface area (Å²) in [4.78, 5) is 20.7. The number of aliphatic carboxylic acids is 1. The van der Waals surface area contributed by atoms with Gasteiger partial charge in [0, 0.05) is 25.2 Å². The van der Waals surface area contributed by atoms with Crippen LogP contribution in [0.15, 0.2) is 23.1 Å². The highest BCUT2D eigenvalue weighted by molar-refractivity contribution is 7.89. The average molecular weight is 330 g/mol. The summed E-state index contributed by atoms with van der Waals surface area (Å²) in [5, 5.41) is 19.7. The number of nitrogens with zero attached hydrogens (tertiary/aromatic N) is 2. The lowest BCUT2D eigenvalue weighted by molar-refractivity contribution is -0.385. The average Bonchev–Trinajstić information content (AvgIpc) is 2.47. The number of nitro benzene ring substituents is 1. The summed E-state index contributed by atoms with van der Waals surface area (Å²) in [6.45, 7) is 0.694. The highest BCUT2D eigenvalue weighted by Gasteiger charge is 2.30. The Kier molecular flexibility index (Phi) is 4.74. The molecule has 10 heteroatoms. The van der Waals surface area contributed by atoms with Crippen molar-refractivity contribution in [3.8, 4) is 0 Å². The Hall–Kier alpha value is -2.04. The second-order valence-electron chi connectivity index (χ2n) is 4.64. The molecule has 0 spiro atoms. The molecule has 1 heterocycles. The van der Waals surface area contributed by atoms with Crippen LogP contribution in [0, 0.1) is 10.1 Å². The Bertz CT molecular complexity index is 695. The van der Waals surface area contributed by atoms with E-state index in [0.717, 1.165) is 16.4 Å². The third-order valence-corrected chi connectivity index (χ3v) is 5.17. The zero-order chi connectivity index (χ0) is 16.3. The van der Waals surface area contributed by atoms with E-state index in [1.807, 2.05) is 0 Å². The maximum Gasteiger partial charge on any atom is 0.307 e. The van der Waals surface area contributed by atoms with Crippen molar-refractivity contribution < 1.29 is 28.0 Å². The van der Waals surface area contributed by atoms with Crippen molar-refractivity contribution in [2.75, 3.05) is 26.3 Å². The maximum atomic E-state index is 12.6. The van der Waals surface area contributed by atoms with Gasteiger partial charge in [-0.25, -0.2) is 8.42 Å². The van der Waals surface area contributed by atoms with Crippen LogP contribution in [0.2, 0.25) is 0 Å². The minimum absolute atomic E-state index is 0.0181. The normalized spacial score (nSPS) is 16.4. The molecule has 1 N–H and O–H groups in total. The Morgan fingerprint density at radius 3 is 2.55 bits per heavy atom. The number of carboxylic acids is 1. The molecular weight excluding hydrogens is 316 g/mol. The summed E-state index contributed by atoms with van der Waals surface area (Å²) in [6.07, 6.45) is -0.531. The van der Waals surface area contributed by atoms with E-state index >= 15 is 0 Å². The first kappa shape index (κ1) is 16.3. The maximum absolute atomic E-state index is 12.6. The summed E-state index contributed by atoms with van der Waals surface area (Å²) >= 11 is 0. The first-order valence-corrected chi connectivity index (χ1v) is 7.83. The van der Waals surface area contributed by atoms with Crippen LogP contribution in [0.5, 0.6) is 0 Å². The fourth-order valence-electron chi connectivity index (χ4n) is 2.13. The molecule has 1 aliphatic heterocycles. The van der Waals surface area contributed by atoms with Gasteiger partial charge in [0.1, 0.15) is 0 Å². The van der Waals surface area contributed by atoms with Crippen LogP contribution in [0.3, 0.4) is 0 Å². The van der Waals surface area contributed by atoms with Gasteiger partial charge in [0.15, 0.2) is 0 Å². The highest BCUT2D eigenvalue weighted by Crippen LogP contribution is 2.26. The molecule has 0 aromatic heterocycles. The lowest BCUT2D eigenvalue weighted by atomic mass is 10.1. The van der Waals surface area contributed by atoms with E-state index in [2.05, 4.69) is 0 Å². The molecule has 0 aliphatic carbocycles. The Morgan fingerprint density at radius 2 is 2.00 bits per heavy atom. The fourth-order valence-corrected chi connectivity index (χ4v) is 3.78. The quantitative estimate of drug-likeness (QED) is 0.605. The number of benzene rings is 1. The molecule has 2 rings (SSSR count). The van der Waals surface area contributed by atoms with Gasteiger partial charge in [-0.3, -0.25) is 14.9 Å². The zero-order valence-electron chi connectivity index (χ0n) is 11.5. The van der Waals surface area contributed by atoms with Crippen molar-refractivity contribution in [1.82, 2.24) is 4.31 Å². The minimum atomic E-state index is -4.01. The van der Waals surface area contributed by atoms with Crippen molar-refractivity contribution in [3.63, 3.8) is 0 Å². The molecule has 0 radical (unpaired) electrons. The van der Waals surface area contributed by atoms with Crippen molar-refractivity contribution in [2.45, 2.75) is 11.3 Å². The second-order valence-corrected chi connectivity index (χ2v) is 6.54.